The average molecular weight is 377 g/mol. The van der Waals surface area contributed by atoms with E-state index in [4.69, 9.17) is 14.2 Å². The van der Waals surface area contributed by atoms with Crippen molar-refractivity contribution in [1.29, 1.82) is 0 Å². The largest absolute Gasteiger partial charge is 0.514 e. The molecule has 1 fully saturated rings. The van der Waals surface area contributed by atoms with E-state index in [1.807, 2.05) is 32.9 Å². The standard InChI is InChI=1S/C21H31NO5/c1-20(2,3)26-18(23)22-13-11-16(12-14-22)15-7-9-17(10-8-15)25-19(24)27-21(4,5)6/h7-10,16H,11-14H2,1-6H3. The highest BCUT2D eigenvalue weighted by Crippen LogP contribution is 2.30. The lowest BCUT2D eigenvalue weighted by atomic mass is 9.89. The number of ether oxygens (including phenoxy) is 3. The van der Waals surface area contributed by atoms with Crippen molar-refractivity contribution in [1.82, 2.24) is 4.90 Å². The number of amides is 1. The predicted octanol–water partition coefficient (Wildman–Crippen LogP) is 5.12. The number of benzene rings is 1. The van der Waals surface area contributed by atoms with Gasteiger partial charge in [0.25, 0.3) is 0 Å². The molecule has 1 amide bonds. The van der Waals surface area contributed by atoms with Gasteiger partial charge in [0, 0.05) is 13.1 Å². The van der Waals surface area contributed by atoms with Crippen LogP contribution in [0, 0.1) is 0 Å². The second kappa shape index (κ2) is 8.19. The number of carbonyl (C=O) groups is 2. The van der Waals surface area contributed by atoms with Gasteiger partial charge in [-0.15, -0.1) is 0 Å². The van der Waals surface area contributed by atoms with E-state index >= 15 is 0 Å². The molecular weight excluding hydrogens is 346 g/mol. The van der Waals surface area contributed by atoms with E-state index in [1.165, 1.54) is 5.56 Å². The number of rotatable bonds is 2. The zero-order chi connectivity index (χ0) is 20.2. The van der Waals surface area contributed by atoms with Gasteiger partial charge in [-0.25, -0.2) is 9.59 Å². The molecule has 1 heterocycles. The summed E-state index contributed by atoms with van der Waals surface area (Å²) in [5, 5.41) is 0. The zero-order valence-corrected chi connectivity index (χ0v) is 17.2. The Morgan fingerprint density at radius 1 is 0.889 bits per heavy atom. The first-order chi connectivity index (χ1) is 12.4. The van der Waals surface area contributed by atoms with Gasteiger partial charge in [0.2, 0.25) is 0 Å². The van der Waals surface area contributed by atoms with E-state index < -0.39 is 17.4 Å². The van der Waals surface area contributed by atoms with Gasteiger partial charge < -0.3 is 19.1 Å². The summed E-state index contributed by atoms with van der Waals surface area (Å²) in [6.07, 6.45) is 0.805. The summed E-state index contributed by atoms with van der Waals surface area (Å²) in [5.74, 6) is 0.832. The third-order valence-electron chi connectivity index (χ3n) is 4.09. The van der Waals surface area contributed by atoms with Crippen LogP contribution >= 0.6 is 0 Å². The summed E-state index contributed by atoms with van der Waals surface area (Å²) >= 11 is 0. The quantitative estimate of drug-likeness (QED) is 0.529. The van der Waals surface area contributed by atoms with Crippen molar-refractivity contribution in [2.45, 2.75) is 71.5 Å². The van der Waals surface area contributed by atoms with Crippen molar-refractivity contribution in [2.75, 3.05) is 13.1 Å². The van der Waals surface area contributed by atoms with E-state index in [0.29, 0.717) is 24.8 Å². The Bertz CT molecular complexity index is 647. The van der Waals surface area contributed by atoms with Crippen LogP contribution in [0.1, 0.15) is 65.9 Å². The van der Waals surface area contributed by atoms with Crippen LogP contribution in [0.25, 0.3) is 0 Å². The maximum absolute atomic E-state index is 12.1. The van der Waals surface area contributed by atoms with E-state index in [1.54, 1.807) is 37.8 Å². The van der Waals surface area contributed by atoms with Crippen LogP contribution in [0.3, 0.4) is 0 Å². The number of likely N-dealkylation sites (tertiary alicyclic amines) is 1. The first-order valence-electron chi connectivity index (χ1n) is 9.42. The smallest absolute Gasteiger partial charge is 0.444 e. The highest BCUT2D eigenvalue weighted by atomic mass is 16.7. The Balaban J connectivity index is 1.86. The van der Waals surface area contributed by atoms with Crippen LogP contribution in [0.15, 0.2) is 24.3 Å². The van der Waals surface area contributed by atoms with Gasteiger partial charge in [-0.05, 0) is 78.0 Å². The summed E-state index contributed by atoms with van der Waals surface area (Å²) < 4.78 is 15.8. The summed E-state index contributed by atoms with van der Waals surface area (Å²) in [5.41, 5.74) is 0.118. The third kappa shape index (κ3) is 7.12. The van der Waals surface area contributed by atoms with Crippen LogP contribution in [-0.2, 0) is 9.47 Å². The van der Waals surface area contributed by atoms with Crippen molar-refractivity contribution in [2.24, 2.45) is 0 Å². The molecule has 1 aliphatic heterocycles. The van der Waals surface area contributed by atoms with Gasteiger partial charge in [0.05, 0.1) is 0 Å². The molecule has 0 saturated carbocycles. The van der Waals surface area contributed by atoms with Crippen molar-refractivity contribution in [3.63, 3.8) is 0 Å². The average Bonchev–Trinajstić information content (AvgIpc) is 2.52. The summed E-state index contributed by atoms with van der Waals surface area (Å²) in [4.78, 5) is 25.6. The summed E-state index contributed by atoms with van der Waals surface area (Å²) in [7, 11) is 0. The minimum atomic E-state index is -0.707. The van der Waals surface area contributed by atoms with Gasteiger partial charge in [0.1, 0.15) is 17.0 Å². The van der Waals surface area contributed by atoms with Gasteiger partial charge in [-0.3, -0.25) is 0 Å². The topological polar surface area (TPSA) is 65.1 Å². The Morgan fingerprint density at radius 2 is 1.41 bits per heavy atom. The van der Waals surface area contributed by atoms with E-state index in [0.717, 1.165) is 12.8 Å². The fourth-order valence-electron chi connectivity index (χ4n) is 2.90. The fraction of sp³-hybridized carbons (Fsp3) is 0.619. The molecule has 2 rings (SSSR count). The molecule has 0 radical (unpaired) electrons. The number of nitrogens with zero attached hydrogens (tertiary/aromatic N) is 1. The molecule has 0 bridgehead atoms. The number of hydrogen-bond donors (Lipinski definition) is 0. The minimum Gasteiger partial charge on any atom is -0.444 e. The maximum Gasteiger partial charge on any atom is 0.514 e. The Morgan fingerprint density at radius 3 is 1.89 bits per heavy atom. The van der Waals surface area contributed by atoms with E-state index in [2.05, 4.69) is 0 Å². The lowest BCUT2D eigenvalue weighted by Gasteiger charge is -2.33. The second-order valence-corrected chi connectivity index (χ2v) is 8.88. The zero-order valence-electron chi connectivity index (χ0n) is 17.2. The minimum absolute atomic E-state index is 0.248. The highest BCUT2D eigenvalue weighted by molar-refractivity contribution is 5.68. The molecular formula is C21H31NO5. The van der Waals surface area contributed by atoms with Crippen molar-refractivity contribution in [3.8, 4) is 5.75 Å². The van der Waals surface area contributed by atoms with Crippen LogP contribution < -0.4 is 4.74 Å². The Hall–Kier alpha value is -2.24. The molecule has 0 N–H and O–H groups in total. The molecule has 1 aliphatic rings. The first kappa shape index (κ1) is 21.1. The molecule has 0 aromatic heterocycles. The first-order valence-corrected chi connectivity index (χ1v) is 9.42. The molecule has 6 nitrogen and oxygen atoms in total. The van der Waals surface area contributed by atoms with Crippen molar-refractivity contribution >= 4 is 12.2 Å². The van der Waals surface area contributed by atoms with E-state index in [9.17, 15) is 9.59 Å². The SMILES string of the molecule is CC(C)(C)OC(=O)Oc1ccc(C2CCN(C(=O)OC(C)(C)C)CC2)cc1. The summed E-state index contributed by atoms with van der Waals surface area (Å²) in [6.45, 7) is 12.4. The molecule has 1 aromatic rings. The molecule has 1 saturated heterocycles. The molecule has 6 heteroatoms. The second-order valence-electron chi connectivity index (χ2n) is 8.88. The van der Waals surface area contributed by atoms with Gasteiger partial charge in [-0.1, -0.05) is 12.1 Å². The molecule has 27 heavy (non-hydrogen) atoms. The fourth-order valence-corrected chi connectivity index (χ4v) is 2.90. The lowest BCUT2D eigenvalue weighted by molar-refractivity contribution is 0.0196. The molecule has 1 aromatic carbocycles. The van der Waals surface area contributed by atoms with Crippen LogP contribution in [-0.4, -0.2) is 41.4 Å². The monoisotopic (exact) mass is 377 g/mol. The summed E-state index contributed by atoms with van der Waals surface area (Å²) in [6, 6.07) is 7.49. The molecule has 0 atom stereocenters. The van der Waals surface area contributed by atoms with Crippen molar-refractivity contribution in [3.05, 3.63) is 29.8 Å². The molecule has 150 valence electrons. The maximum atomic E-state index is 12.1. The third-order valence-corrected chi connectivity index (χ3v) is 4.09. The number of hydrogen-bond acceptors (Lipinski definition) is 5. The van der Waals surface area contributed by atoms with Crippen LogP contribution in [0.5, 0.6) is 5.75 Å². The normalized spacial score (nSPS) is 16.0. The predicted molar refractivity (Wildman–Crippen MR) is 103 cm³/mol. The van der Waals surface area contributed by atoms with E-state index in [-0.39, 0.29) is 6.09 Å². The molecule has 0 unspecified atom stereocenters. The molecule has 0 spiro atoms. The van der Waals surface area contributed by atoms with Crippen LogP contribution in [0.2, 0.25) is 0 Å². The van der Waals surface area contributed by atoms with Gasteiger partial charge in [0.15, 0.2) is 0 Å². The number of carbonyl (C=O) groups excluding carboxylic acids is 2. The highest BCUT2D eigenvalue weighted by Gasteiger charge is 2.27. The Kier molecular flexibility index (Phi) is 6.39. The van der Waals surface area contributed by atoms with Crippen LogP contribution in [0.4, 0.5) is 9.59 Å². The molecule has 0 aliphatic carbocycles. The number of piperidine rings is 1. The lowest BCUT2D eigenvalue weighted by Crippen LogP contribution is -2.41. The van der Waals surface area contributed by atoms with Gasteiger partial charge in [-0.2, -0.15) is 0 Å². The van der Waals surface area contributed by atoms with Gasteiger partial charge >= 0.3 is 12.2 Å². The van der Waals surface area contributed by atoms with Crippen molar-refractivity contribution < 1.29 is 23.8 Å². The Labute approximate surface area is 161 Å².